The number of amides is 1. The first-order valence-corrected chi connectivity index (χ1v) is 8.49. The normalized spacial score (nSPS) is 10.5. The first-order chi connectivity index (χ1) is 12.1. The fourth-order valence-corrected chi connectivity index (χ4v) is 3.03. The second kappa shape index (κ2) is 7.90. The number of aromatic nitrogens is 1. The average molecular weight is 356 g/mol. The number of pyridine rings is 1. The number of carbonyl (C=O) groups excluding carboxylic acids is 1. The van der Waals surface area contributed by atoms with Crippen LogP contribution in [-0.2, 0) is 4.79 Å². The van der Waals surface area contributed by atoms with Crippen LogP contribution in [-0.4, -0.2) is 16.6 Å². The van der Waals surface area contributed by atoms with Crippen LogP contribution in [0.3, 0.4) is 0 Å². The number of hydrogen-bond acceptors (Lipinski definition) is 3. The molecule has 25 heavy (non-hydrogen) atoms. The van der Waals surface area contributed by atoms with Gasteiger partial charge in [0.1, 0.15) is 11.6 Å². The Morgan fingerprint density at radius 2 is 1.92 bits per heavy atom. The van der Waals surface area contributed by atoms with E-state index in [1.165, 1.54) is 24.4 Å². The van der Waals surface area contributed by atoms with Crippen molar-refractivity contribution in [2.24, 2.45) is 0 Å². The predicted molar refractivity (Wildman–Crippen MR) is 95.4 cm³/mol. The van der Waals surface area contributed by atoms with Gasteiger partial charge in [-0.2, -0.15) is 0 Å². The van der Waals surface area contributed by atoms with Gasteiger partial charge in [-0.05, 0) is 35.9 Å². The van der Waals surface area contributed by atoms with Crippen molar-refractivity contribution in [2.45, 2.75) is 4.90 Å². The number of nitrogens with zero attached hydrogens (tertiary/aromatic N) is 1. The molecule has 0 saturated carbocycles. The predicted octanol–water partition coefficient (Wildman–Crippen LogP) is 4.76. The number of carbonyl (C=O) groups is 1. The lowest BCUT2D eigenvalue weighted by Gasteiger charge is -2.11. The molecular weight excluding hydrogens is 342 g/mol. The lowest BCUT2D eigenvalue weighted by molar-refractivity contribution is -0.113. The zero-order valence-electron chi connectivity index (χ0n) is 13.1. The quantitative estimate of drug-likeness (QED) is 0.670. The van der Waals surface area contributed by atoms with Crippen LogP contribution < -0.4 is 5.32 Å². The van der Waals surface area contributed by atoms with Crippen molar-refractivity contribution in [3.05, 3.63) is 78.6 Å². The number of thioether (sulfide) groups is 1. The molecule has 0 saturated heterocycles. The van der Waals surface area contributed by atoms with E-state index in [2.05, 4.69) is 10.3 Å². The summed E-state index contributed by atoms with van der Waals surface area (Å²) in [5.74, 6) is -0.957. The third kappa shape index (κ3) is 4.42. The second-order valence-corrected chi connectivity index (χ2v) is 6.22. The van der Waals surface area contributed by atoms with Crippen molar-refractivity contribution in [1.29, 1.82) is 0 Å². The molecule has 2 aromatic carbocycles. The van der Waals surface area contributed by atoms with Gasteiger partial charge in [0.2, 0.25) is 5.91 Å². The fraction of sp³-hybridized carbons (Fsp3) is 0.0526. The minimum atomic E-state index is -0.360. The van der Waals surface area contributed by atoms with E-state index in [0.717, 1.165) is 11.8 Å². The van der Waals surface area contributed by atoms with E-state index in [4.69, 9.17) is 0 Å². The minimum absolute atomic E-state index is 0.0540. The zero-order chi connectivity index (χ0) is 17.6. The van der Waals surface area contributed by atoms with Crippen LogP contribution in [0.15, 0.2) is 71.9 Å². The zero-order valence-corrected chi connectivity index (χ0v) is 13.9. The van der Waals surface area contributed by atoms with E-state index in [-0.39, 0.29) is 23.3 Å². The molecule has 0 aliphatic rings. The molecule has 3 aromatic rings. The smallest absolute Gasteiger partial charge is 0.234 e. The van der Waals surface area contributed by atoms with Gasteiger partial charge < -0.3 is 5.32 Å². The van der Waals surface area contributed by atoms with Crippen molar-refractivity contribution >= 4 is 23.4 Å². The molecule has 3 rings (SSSR count). The molecule has 0 aliphatic heterocycles. The van der Waals surface area contributed by atoms with Crippen LogP contribution in [0.4, 0.5) is 14.5 Å². The first kappa shape index (κ1) is 17.1. The van der Waals surface area contributed by atoms with E-state index in [9.17, 15) is 13.6 Å². The molecule has 1 N–H and O–H groups in total. The summed E-state index contributed by atoms with van der Waals surface area (Å²) in [6, 6.07) is 14.1. The van der Waals surface area contributed by atoms with Crippen LogP contribution in [0, 0.1) is 11.6 Å². The molecule has 3 nitrogen and oxygen atoms in total. The van der Waals surface area contributed by atoms with E-state index in [1.54, 1.807) is 42.6 Å². The lowest BCUT2D eigenvalue weighted by atomic mass is 10.1. The van der Waals surface area contributed by atoms with Gasteiger partial charge in [-0.25, -0.2) is 8.78 Å². The van der Waals surface area contributed by atoms with Crippen molar-refractivity contribution in [2.75, 3.05) is 11.1 Å². The monoisotopic (exact) mass is 356 g/mol. The van der Waals surface area contributed by atoms with Gasteiger partial charge in [0.25, 0.3) is 0 Å². The number of nitrogens with one attached hydrogen (secondary N) is 1. The molecule has 1 heterocycles. The Balaban J connectivity index is 1.73. The highest BCUT2D eigenvalue weighted by Crippen LogP contribution is 2.28. The summed E-state index contributed by atoms with van der Waals surface area (Å²) >= 11 is 1.11. The van der Waals surface area contributed by atoms with Crippen LogP contribution in [0.5, 0.6) is 0 Å². The topological polar surface area (TPSA) is 42.0 Å². The summed E-state index contributed by atoms with van der Waals surface area (Å²) in [4.78, 5) is 16.6. The van der Waals surface area contributed by atoms with Crippen molar-refractivity contribution in [3.8, 4) is 11.1 Å². The molecule has 0 radical (unpaired) electrons. The molecular formula is C19H14F2N2OS. The van der Waals surface area contributed by atoms with E-state index >= 15 is 0 Å². The van der Waals surface area contributed by atoms with E-state index < -0.39 is 0 Å². The average Bonchev–Trinajstić information content (AvgIpc) is 2.61. The molecule has 126 valence electrons. The lowest BCUT2D eigenvalue weighted by Crippen LogP contribution is -2.15. The molecule has 0 aliphatic carbocycles. The largest absolute Gasteiger partial charge is 0.323 e. The Bertz CT molecular complexity index is 902. The molecule has 0 atom stereocenters. The van der Waals surface area contributed by atoms with Crippen LogP contribution in [0.2, 0.25) is 0 Å². The Labute approximate surface area is 148 Å². The number of rotatable bonds is 5. The molecule has 0 bridgehead atoms. The maximum atomic E-state index is 13.6. The fourth-order valence-electron chi connectivity index (χ4n) is 2.29. The van der Waals surface area contributed by atoms with Gasteiger partial charge in [0, 0.05) is 16.7 Å². The van der Waals surface area contributed by atoms with E-state index in [0.29, 0.717) is 21.7 Å². The van der Waals surface area contributed by atoms with Gasteiger partial charge in [-0.15, -0.1) is 11.8 Å². The molecule has 0 spiro atoms. The Hall–Kier alpha value is -2.73. The summed E-state index contributed by atoms with van der Waals surface area (Å²) in [7, 11) is 0. The second-order valence-electron chi connectivity index (χ2n) is 5.20. The molecule has 1 amide bonds. The molecule has 6 heteroatoms. The number of benzene rings is 2. The van der Waals surface area contributed by atoms with Gasteiger partial charge in [-0.1, -0.05) is 24.3 Å². The first-order valence-electron chi connectivity index (χ1n) is 7.50. The number of halogens is 2. The van der Waals surface area contributed by atoms with Crippen LogP contribution >= 0.6 is 11.8 Å². The van der Waals surface area contributed by atoms with Crippen LogP contribution in [0.1, 0.15) is 0 Å². The van der Waals surface area contributed by atoms with Gasteiger partial charge in [0.15, 0.2) is 0 Å². The van der Waals surface area contributed by atoms with Gasteiger partial charge in [0.05, 0.1) is 17.6 Å². The summed E-state index contributed by atoms with van der Waals surface area (Å²) < 4.78 is 27.0. The number of hydrogen-bond donors (Lipinski definition) is 1. The summed E-state index contributed by atoms with van der Waals surface area (Å²) in [6.45, 7) is 0. The minimum Gasteiger partial charge on any atom is -0.323 e. The molecule has 1 aromatic heterocycles. The highest BCUT2D eigenvalue weighted by atomic mass is 32.2. The van der Waals surface area contributed by atoms with E-state index in [1.807, 2.05) is 0 Å². The highest BCUT2D eigenvalue weighted by Gasteiger charge is 2.11. The molecule has 0 unspecified atom stereocenters. The summed E-state index contributed by atoms with van der Waals surface area (Å²) in [5, 5.41) is 2.75. The standard InChI is InChI=1S/C19H14F2N2OS/c20-14-5-3-4-13(10-14)15-8-9-22-11-17(15)23-19(24)12-25-18-7-2-1-6-16(18)21/h1-11H,12H2,(H,23,24). The maximum absolute atomic E-state index is 13.6. The molecule has 0 fully saturated rings. The van der Waals surface area contributed by atoms with Crippen LogP contribution in [0.25, 0.3) is 11.1 Å². The van der Waals surface area contributed by atoms with Crippen molar-refractivity contribution < 1.29 is 13.6 Å². The Morgan fingerprint density at radius 1 is 1.08 bits per heavy atom. The number of anilines is 1. The van der Waals surface area contributed by atoms with Crippen molar-refractivity contribution in [1.82, 2.24) is 4.98 Å². The summed E-state index contributed by atoms with van der Waals surface area (Å²) in [5.41, 5.74) is 1.78. The van der Waals surface area contributed by atoms with Gasteiger partial charge >= 0.3 is 0 Å². The highest BCUT2D eigenvalue weighted by molar-refractivity contribution is 8.00. The third-order valence-corrected chi connectivity index (χ3v) is 4.47. The van der Waals surface area contributed by atoms with Gasteiger partial charge in [-0.3, -0.25) is 9.78 Å². The summed E-state index contributed by atoms with van der Waals surface area (Å²) in [6.07, 6.45) is 3.08. The SMILES string of the molecule is O=C(CSc1ccccc1F)Nc1cnccc1-c1cccc(F)c1. The van der Waals surface area contributed by atoms with Crippen molar-refractivity contribution in [3.63, 3.8) is 0 Å². The Morgan fingerprint density at radius 3 is 2.72 bits per heavy atom. The maximum Gasteiger partial charge on any atom is 0.234 e. The Kier molecular flexibility index (Phi) is 5.40. The third-order valence-electron chi connectivity index (χ3n) is 3.43.